The van der Waals surface area contributed by atoms with Gasteiger partial charge < -0.3 is 20.1 Å². The van der Waals surface area contributed by atoms with Crippen molar-refractivity contribution in [3.05, 3.63) is 64.4 Å². The third-order valence-electron chi connectivity index (χ3n) is 7.24. The van der Waals surface area contributed by atoms with Crippen LogP contribution in [0.2, 0.25) is 0 Å². The molecule has 1 unspecified atom stereocenters. The van der Waals surface area contributed by atoms with Gasteiger partial charge in [0.05, 0.1) is 12.0 Å². The van der Waals surface area contributed by atoms with Crippen LogP contribution < -0.4 is 10.1 Å². The summed E-state index contributed by atoms with van der Waals surface area (Å²) >= 11 is 0. The zero-order valence-electron chi connectivity index (χ0n) is 21.7. The van der Waals surface area contributed by atoms with Gasteiger partial charge in [-0.25, -0.2) is 17.6 Å². The Morgan fingerprint density at radius 3 is 2.71 bits per heavy atom. The predicted molar refractivity (Wildman–Crippen MR) is 137 cm³/mol. The Kier molecular flexibility index (Phi) is 8.62. The van der Waals surface area contributed by atoms with E-state index in [1.807, 2.05) is 11.8 Å². The van der Waals surface area contributed by atoms with E-state index in [-0.39, 0.29) is 38.0 Å². The highest BCUT2D eigenvalue weighted by molar-refractivity contribution is 5.85. The first-order valence-electron chi connectivity index (χ1n) is 12.8. The smallest absolute Gasteiger partial charge is 0.307 e. The van der Waals surface area contributed by atoms with Crippen molar-refractivity contribution in [2.24, 2.45) is 5.92 Å². The zero-order valence-corrected chi connectivity index (χ0v) is 21.7. The highest BCUT2D eigenvalue weighted by Gasteiger charge is 2.39. The molecule has 2 heterocycles. The van der Waals surface area contributed by atoms with Crippen LogP contribution in [0.4, 0.5) is 17.6 Å². The number of nitrogens with one attached hydrogen (secondary N) is 2. The van der Waals surface area contributed by atoms with Crippen molar-refractivity contribution in [2.45, 2.75) is 52.1 Å². The molecule has 3 N–H and O–H groups in total. The number of benzene rings is 2. The zero-order chi connectivity index (χ0) is 27.6. The minimum atomic E-state index is -2.37. The first kappa shape index (κ1) is 27.9. The summed E-state index contributed by atoms with van der Waals surface area (Å²) in [5, 5.41) is 13.2. The molecule has 2 aromatic carbocycles. The Hall–Kier alpha value is -3.11. The molecule has 0 radical (unpaired) electrons. The number of carbonyl (C=O) groups is 1. The third kappa shape index (κ3) is 5.81. The van der Waals surface area contributed by atoms with Gasteiger partial charge in [-0.3, -0.25) is 9.69 Å². The number of ether oxygens (including phenoxy) is 1. The maximum Gasteiger partial charge on any atom is 0.307 e. The molecule has 4 rings (SSSR count). The number of H-pyrrole nitrogens is 1. The third-order valence-corrected chi connectivity index (χ3v) is 7.24. The quantitative estimate of drug-likeness (QED) is 0.225. The van der Waals surface area contributed by atoms with Gasteiger partial charge in [0.15, 0.2) is 0 Å². The number of fused-ring (bicyclic) bond motifs is 3. The highest BCUT2D eigenvalue weighted by Crippen LogP contribution is 2.44. The van der Waals surface area contributed by atoms with Gasteiger partial charge in [-0.1, -0.05) is 6.92 Å². The number of aliphatic carboxylic acids is 1. The second kappa shape index (κ2) is 11.7. The van der Waals surface area contributed by atoms with Crippen LogP contribution in [-0.4, -0.2) is 59.7 Å². The topological polar surface area (TPSA) is 77.6 Å². The number of aromatic amines is 1. The summed E-state index contributed by atoms with van der Waals surface area (Å²) in [5.41, 5.74) is 3.21. The second-order valence-corrected chi connectivity index (χ2v) is 9.96. The Labute approximate surface area is 219 Å². The fraction of sp³-hybridized carbons (Fsp3) is 0.464. The van der Waals surface area contributed by atoms with Gasteiger partial charge in [0.25, 0.3) is 0 Å². The maximum atomic E-state index is 15.6. The lowest BCUT2D eigenvalue weighted by atomic mass is 9.85. The molecular formula is C28H33F4N3O3. The van der Waals surface area contributed by atoms with E-state index in [0.29, 0.717) is 35.5 Å². The molecule has 38 heavy (non-hydrogen) atoms. The molecule has 0 spiro atoms. The van der Waals surface area contributed by atoms with E-state index >= 15 is 4.39 Å². The number of carboxylic acid groups (broad SMARTS) is 1. The van der Waals surface area contributed by atoms with Crippen molar-refractivity contribution < 1.29 is 32.2 Å². The summed E-state index contributed by atoms with van der Waals surface area (Å²) in [5.74, 6) is -2.04. The van der Waals surface area contributed by atoms with Gasteiger partial charge in [0, 0.05) is 54.3 Å². The van der Waals surface area contributed by atoms with E-state index in [1.54, 1.807) is 19.9 Å². The number of hydrogen-bond acceptors (Lipinski definition) is 4. The molecule has 1 aliphatic rings. The molecule has 0 bridgehead atoms. The van der Waals surface area contributed by atoms with Crippen LogP contribution in [0.1, 0.15) is 48.7 Å². The van der Waals surface area contributed by atoms with Gasteiger partial charge in [-0.2, -0.15) is 0 Å². The lowest BCUT2D eigenvalue weighted by molar-refractivity contribution is -0.142. The summed E-state index contributed by atoms with van der Waals surface area (Å²) in [7, 11) is 0. The summed E-state index contributed by atoms with van der Waals surface area (Å²) < 4.78 is 60.3. The molecule has 3 aromatic rings. The van der Waals surface area contributed by atoms with E-state index in [1.165, 1.54) is 24.3 Å². The molecule has 0 aliphatic carbocycles. The van der Waals surface area contributed by atoms with Crippen molar-refractivity contribution in [3.8, 4) is 5.75 Å². The number of nitrogens with zero attached hydrogens (tertiary/aromatic N) is 1. The Morgan fingerprint density at radius 1 is 1.24 bits per heavy atom. The molecule has 1 aromatic heterocycles. The van der Waals surface area contributed by atoms with Crippen LogP contribution in [0.25, 0.3) is 10.9 Å². The fourth-order valence-electron chi connectivity index (χ4n) is 5.25. The molecule has 1 aliphatic heterocycles. The largest absolute Gasteiger partial charge is 0.492 e. The molecule has 0 saturated carbocycles. The van der Waals surface area contributed by atoms with Crippen LogP contribution in [-0.2, 0) is 11.2 Å². The van der Waals surface area contributed by atoms with Crippen LogP contribution in [0.3, 0.4) is 0 Å². The average molecular weight is 536 g/mol. The highest BCUT2D eigenvalue weighted by atomic mass is 19.3. The molecule has 6 nitrogen and oxygen atoms in total. The van der Waals surface area contributed by atoms with Crippen LogP contribution in [0.5, 0.6) is 5.75 Å². The fourth-order valence-corrected chi connectivity index (χ4v) is 5.25. The second-order valence-electron chi connectivity index (χ2n) is 9.96. The van der Waals surface area contributed by atoms with E-state index in [2.05, 4.69) is 10.3 Å². The Morgan fingerprint density at radius 2 is 2.00 bits per heavy atom. The van der Waals surface area contributed by atoms with Gasteiger partial charge >= 0.3 is 5.97 Å². The molecule has 10 heteroatoms. The first-order chi connectivity index (χ1) is 18.1. The summed E-state index contributed by atoms with van der Waals surface area (Å²) in [6.07, 6.45) is -2.08. The summed E-state index contributed by atoms with van der Waals surface area (Å²) in [6, 6.07) is 6.53. The lowest BCUT2D eigenvalue weighted by Gasteiger charge is -2.42. The Bertz CT molecular complexity index is 1300. The summed E-state index contributed by atoms with van der Waals surface area (Å²) in [4.78, 5) is 17.1. The maximum absolute atomic E-state index is 15.6. The van der Waals surface area contributed by atoms with Crippen molar-refractivity contribution in [2.75, 3.05) is 26.2 Å². The van der Waals surface area contributed by atoms with Crippen LogP contribution in [0.15, 0.2) is 30.3 Å². The van der Waals surface area contributed by atoms with Crippen molar-refractivity contribution in [3.63, 3.8) is 0 Å². The molecular weight excluding hydrogens is 502 g/mol. The molecule has 0 fully saturated rings. The van der Waals surface area contributed by atoms with Crippen molar-refractivity contribution >= 4 is 16.9 Å². The number of alkyl halides is 2. The Balaban J connectivity index is 1.73. The van der Waals surface area contributed by atoms with E-state index < -0.39 is 30.2 Å². The SMILES string of the molecule is Cc1c(OCCNCCC(F)F)ccc(F)c1[C@@H]1c2[nH]c3ccc(F)cc3c2C[C@@H](C)N1CC(C)C(=O)O. The number of carboxylic acids is 1. The van der Waals surface area contributed by atoms with Crippen molar-refractivity contribution in [1.82, 2.24) is 15.2 Å². The minimum absolute atomic E-state index is 0.154. The molecule has 0 amide bonds. The van der Waals surface area contributed by atoms with E-state index in [0.717, 1.165) is 16.5 Å². The van der Waals surface area contributed by atoms with Gasteiger partial charge in [-0.15, -0.1) is 0 Å². The van der Waals surface area contributed by atoms with E-state index in [4.69, 9.17) is 4.74 Å². The normalized spacial score (nSPS) is 18.6. The molecule has 0 saturated heterocycles. The van der Waals surface area contributed by atoms with Gasteiger partial charge in [-0.05, 0) is 61.7 Å². The van der Waals surface area contributed by atoms with Crippen LogP contribution in [0, 0.1) is 24.5 Å². The van der Waals surface area contributed by atoms with Gasteiger partial charge in [0.2, 0.25) is 6.43 Å². The van der Waals surface area contributed by atoms with Crippen LogP contribution >= 0.6 is 0 Å². The standard InChI is InChI=1S/C28H33F4N3O3/c1-15(28(36)37)14-35-16(2)12-20-19-13-18(29)4-6-22(19)34-26(20)27(35)25-17(3)23(7-5-21(25)30)38-11-10-33-9-8-24(31)32/h4-7,13,15-16,24,27,33-34H,8-12,14H2,1-3H3,(H,36,37)/t15?,16-,27-/m1/s1. The van der Waals surface area contributed by atoms with Gasteiger partial charge in [0.1, 0.15) is 24.0 Å². The van der Waals surface area contributed by atoms with Crippen molar-refractivity contribution in [1.29, 1.82) is 0 Å². The number of hydrogen-bond donors (Lipinski definition) is 3. The predicted octanol–water partition coefficient (Wildman–Crippen LogP) is 5.43. The molecule has 206 valence electrons. The lowest BCUT2D eigenvalue weighted by Crippen LogP contribution is -2.46. The number of aromatic nitrogens is 1. The minimum Gasteiger partial charge on any atom is -0.492 e. The number of halogens is 4. The van der Waals surface area contributed by atoms with E-state index in [9.17, 15) is 23.1 Å². The first-order valence-corrected chi connectivity index (χ1v) is 12.8. The number of rotatable bonds is 11. The monoisotopic (exact) mass is 535 g/mol. The average Bonchev–Trinajstić information content (AvgIpc) is 3.20. The molecule has 3 atom stereocenters. The summed E-state index contributed by atoms with van der Waals surface area (Å²) in [6.45, 7) is 6.22.